The first kappa shape index (κ1) is 9.94. The zero-order valence-electron chi connectivity index (χ0n) is 9.32. The van der Waals surface area contributed by atoms with Gasteiger partial charge in [0.15, 0.2) is 0 Å². The first-order valence-electron chi connectivity index (χ1n) is 6.13. The van der Waals surface area contributed by atoms with Crippen molar-refractivity contribution in [2.24, 2.45) is 17.8 Å². The molecule has 0 bridgehead atoms. The Morgan fingerprint density at radius 2 is 2.19 bits per heavy atom. The quantitative estimate of drug-likeness (QED) is 0.841. The van der Waals surface area contributed by atoms with Crippen molar-refractivity contribution < 1.29 is 9.21 Å². The van der Waals surface area contributed by atoms with Crippen LogP contribution in [-0.4, -0.2) is 12.5 Å². The van der Waals surface area contributed by atoms with Crippen LogP contribution in [0.2, 0.25) is 0 Å². The van der Waals surface area contributed by atoms with Gasteiger partial charge in [0.25, 0.3) is 0 Å². The molecule has 16 heavy (non-hydrogen) atoms. The van der Waals surface area contributed by atoms with Crippen molar-refractivity contribution in [1.29, 1.82) is 0 Å². The van der Waals surface area contributed by atoms with E-state index in [2.05, 4.69) is 5.32 Å². The Kier molecular flexibility index (Phi) is 2.46. The lowest BCUT2D eigenvalue weighted by molar-refractivity contribution is -0.125. The third-order valence-electron chi connectivity index (χ3n) is 3.87. The highest BCUT2D eigenvalue weighted by molar-refractivity contribution is 5.79. The van der Waals surface area contributed by atoms with Gasteiger partial charge in [-0.05, 0) is 43.2 Å². The van der Waals surface area contributed by atoms with Crippen LogP contribution < -0.4 is 5.32 Å². The van der Waals surface area contributed by atoms with Gasteiger partial charge in [-0.2, -0.15) is 0 Å². The molecule has 0 saturated heterocycles. The molecule has 2 aliphatic carbocycles. The van der Waals surface area contributed by atoms with Crippen LogP contribution in [-0.2, 0) is 11.2 Å². The number of carbonyl (C=O) groups is 1. The van der Waals surface area contributed by atoms with Gasteiger partial charge in [0.1, 0.15) is 5.76 Å². The number of hydrogen-bond acceptors (Lipinski definition) is 2. The maximum atomic E-state index is 11.8. The second-order valence-electron chi connectivity index (χ2n) is 5.04. The fourth-order valence-corrected chi connectivity index (χ4v) is 2.84. The van der Waals surface area contributed by atoms with Crippen LogP contribution in [0.4, 0.5) is 0 Å². The second kappa shape index (κ2) is 3.96. The maximum absolute atomic E-state index is 11.8. The summed E-state index contributed by atoms with van der Waals surface area (Å²) in [5.41, 5.74) is 0. The molecular formula is C13H17NO2. The van der Waals surface area contributed by atoms with Crippen LogP contribution in [0.25, 0.3) is 0 Å². The molecule has 86 valence electrons. The lowest BCUT2D eigenvalue weighted by Gasteiger charge is -2.11. The van der Waals surface area contributed by atoms with Gasteiger partial charge in [-0.3, -0.25) is 4.79 Å². The standard InChI is InChI=1S/C13H17NO2/c15-13(11-7-9-6-10(9)8-11)14-4-3-12-2-1-5-16-12/h1-2,5,9-11H,3-4,6-8H2,(H,14,15). The topological polar surface area (TPSA) is 42.2 Å². The molecule has 0 spiro atoms. The number of carbonyl (C=O) groups excluding carboxylic acids is 1. The van der Waals surface area contributed by atoms with E-state index in [9.17, 15) is 4.79 Å². The summed E-state index contributed by atoms with van der Waals surface area (Å²) >= 11 is 0. The van der Waals surface area contributed by atoms with E-state index in [1.165, 1.54) is 6.42 Å². The van der Waals surface area contributed by atoms with Crippen molar-refractivity contribution in [2.75, 3.05) is 6.54 Å². The summed E-state index contributed by atoms with van der Waals surface area (Å²) in [6.07, 6.45) is 6.07. The van der Waals surface area contributed by atoms with E-state index in [1.807, 2.05) is 12.1 Å². The molecule has 3 rings (SSSR count). The summed E-state index contributed by atoms with van der Waals surface area (Å²) in [7, 11) is 0. The van der Waals surface area contributed by atoms with Gasteiger partial charge < -0.3 is 9.73 Å². The minimum absolute atomic E-state index is 0.249. The van der Waals surface area contributed by atoms with E-state index in [4.69, 9.17) is 4.42 Å². The summed E-state index contributed by atoms with van der Waals surface area (Å²) < 4.78 is 5.21. The zero-order valence-corrected chi connectivity index (χ0v) is 9.32. The Bertz CT molecular complexity index is 361. The van der Waals surface area contributed by atoms with Crippen LogP contribution >= 0.6 is 0 Å². The largest absolute Gasteiger partial charge is 0.469 e. The summed E-state index contributed by atoms with van der Waals surface area (Å²) in [4.78, 5) is 11.8. The van der Waals surface area contributed by atoms with Crippen molar-refractivity contribution >= 4 is 5.91 Å². The van der Waals surface area contributed by atoms with Gasteiger partial charge in [0, 0.05) is 18.9 Å². The molecule has 2 saturated carbocycles. The Balaban J connectivity index is 1.40. The highest BCUT2D eigenvalue weighted by atomic mass is 16.3. The molecule has 3 heteroatoms. The lowest BCUT2D eigenvalue weighted by Crippen LogP contribution is -2.31. The van der Waals surface area contributed by atoms with E-state index in [0.717, 1.165) is 36.9 Å². The molecule has 1 N–H and O–H groups in total. The number of nitrogens with one attached hydrogen (secondary N) is 1. The minimum atomic E-state index is 0.249. The highest BCUT2D eigenvalue weighted by Gasteiger charge is 2.47. The average molecular weight is 219 g/mol. The number of rotatable bonds is 4. The third-order valence-corrected chi connectivity index (χ3v) is 3.87. The Morgan fingerprint density at radius 3 is 2.88 bits per heavy atom. The van der Waals surface area contributed by atoms with Crippen molar-refractivity contribution in [1.82, 2.24) is 5.32 Å². The molecular weight excluding hydrogens is 202 g/mol. The fourth-order valence-electron chi connectivity index (χ4n) is 2.84. The van der Waals surface area contributed by atoms with E-state index >= 15 is 0 Å². The predicted octanol–water partition coefficient (Wildman–Crippen LogP) is 1.98. The predicted molar refractivity (Wildman–Crippen MR) is 59.7 cm³/mol. The fraction of sp³-hybridized carbons (Fsp3) is 0.615. The minimum Gasteiger partial charge on any atom is -0.469 e. The Morgan fingerprint density at radius 1 is 1.38 bits per heavy atom. The van der Waals surface area contributed by atoms with Crippen LogP contribution in [0.15, 0.2) is 22.8 Å². The summed E-state index contributed by atoms with van der Waals surface area (Å²) in [6.45, 7) is 0.693. The van der Waals surface area contributed by atoms with Crippen LogP contribution in [0, 0.1) is 17.8 Å². The first-order valence-corrected chi connectivity index (χ1v) is 6.13. The van der Waals surface area contributed by atoms with Crippen LogP contribution in [0.3, 0.4) is 0 Å². The maximum Gasteiger partial charge on any atom is 0.223 e. The first-order chi connectivity index (χ1) is 7.83. The van der Waals surface area contributed by atoms with E-state index in [-0.39, 0.29) is 5.91 Å². The zero-order chi connectivity index (χ0) is 11.0. The third kappa shape index (κ3) is 1.99. The molecule has 2 atom stereocenters. The van der Waals surface area contributed by atoms with Crippen molar-refractivity contribution in [3.63, 3.8) is 0 Å². The molecule has 2 fully saturated rings. The summed E-state index contributed by atoms with van der Waals surface area (Å²) in [6, 6.07) is 3.82. The molecule has 2 unspecified atom stereocenters. The Hall–Kier alpha value is -1.25. The molecule has 0 aromatic carbocycles. The van der Waals surface area contributed by atoms with E-state index in [0.29, 0.717) is 12.5 Å². The Labute approximate surface area is 95.2 Å². The van der Waals surface area contributed by atoms with Crippen LogP contribution in [0.1, 0.15) is 25.0 Å². The average Bonchev–Trinajstić information content (AvgIpc) is 2.72. The highest BCUT2D eigenvalue weighted by Crippen LogP contribution is 2.54. The van der Waals surface area contributed by atoms with E-state index in [1.54, 1.807) is 6.26 Å². The second-order valence-corrected chi connectivity index (χ2v) is 5.04. The molecule has 3 nitrogen and oxygen atoms in total. The van der Waals surface area contributed by atoms with Gasteiger partial charge in [0.05, 0.1) is 6.26 Å². The molecule has 1 aromatic rings. The van der Waals surface area contributed by atoms with E-state index < -0.39 is 0 Å². The smallest absolute Gasteiger partial charge is 0.223 e. The monoisotopic (exact) mass is 219 g/mol. The number of amides is 1. The van der Waals surface area contributed by atoms with Gasteiger partial charge in [-0.25, -0.2) is 0 Å². The molecule has 0 radical (unpaired) electrons. The van der Waals surface area contributed by atoms with Crippen molar-refractivity contribution in [3.8, 4) is 0 Å². The SMILES string of the molecule is O=C(NCCc1ccco1)C1CC2CC2C1. The molecule has 2 aliphatic rings. The molecule has 1 aromatic heterocycles. The van der Waals surface area contributed by atoms with Gasteiger partial charge in [-0.1, -0.05) is 0 Å². The number of hydrogen-bond donors (Lipinski definition) is 1. The van der Waals surface area contributed by atoms with Crippen molar-refractivity contribution in [3.05, 3.63) is 24.2 Å². The molecule has 1 amide bonds. The van der Waals surface area contributed by atoms with Gasteiger partial charge >= 0.3 is 0 Å². The summed E-state index contributed by atoms with van der Waals surface area (Å²) in [5.74, 6) is 3.23. The number of fused-ring (bicyclic) bond motifs is 1. The number of furan rings is 1. The molecule has 0 aliphatic heterocycles. The van der Waals surface area contributed by atoms with Crippen LogP contribution in [0.5, 0.6) is 0 Å². The van der Waals surface area contributed by atoms with Gasteiger partial charge in [-0.15, -0.1) is 0 Å². The van der Waals surface area contributed by atoms with Crippen molar-refractivity contribution in [2.45, 2.75) is 25.7 Å². The molecule has 1 heterocycles. The normalized spacial score (nSPS) is 31.1. The lowest BCUT2D eigenvalue weighted by atomic mass is 10.0. The van der Waals surface area contributed by atoms with Gasteiger partial charge in [0.2, 0.25) is 5.91 Å². The summed E-state index contributed by atoms with van der Waals surface area (Å²) in [5, 5.41) is 3.01.